The van der Waals surface area contributed by atoms with Crippen molar-refractivity contribution in [3.05, 3.63) is 0 Å². The number of hydrogen-bond acceptors (Lipinski definition) is 4. The van der Waals surface area contributed by atoms with Crippen LogP contribution in [-0.4, -0.2) is 46.9 Å². The van der Waals surface area contributed by atoms with Crippen molar-refractivity contribution in [2.75, 3.05) is 6.54 Å². The maximum absolute atomic E-state index is 13.1. The summed E-state index contributed by atoms with van der Waals surface area (Å²) in [5.41, 5.74) is 0.0308. The minimum atomic E-state index is -0.365. The van der Waals surface area contributed by atoms with E-state index in [-0.39, 0.29) is 23.4 Å². The molecule has 0 spiro atoms. The molecular weight excluding hydrogens is 290 g/mol. The van der Waals surface area contributed by atoms with Crippen LogP contribution in [0.1, 0.15) is 66.7 Å². The first-order chi connectivity index (χ1) is 10.6. The van der Waals surface area contributed by atoms with Gasteiger partial charge in [-0.3, -0.25) is 4.79 Å². The highest BCUT2D eigenvalue weighted by molar-refractivity contribution is 5.82. The Morgan fingerprint density at radius 1 is 1.26 bits per heavy atom. The van der Waals surface area contributed by atoms with Crippen LogP contribution in [0.3, 0.4) is 0 Å². The highest BCUT2D eigenvalue weighted by Crippen LogP contribution is 2.39. The van der Waals surface area contributed by atoms with Crippen LogP contribution in [0.2, 0.25) is 0 Å². The van der Waals surface area contributed by atoms with Gasteiger partial charge in [-0.05, 0) is 37.5 Å². The highest BCUT2D eigenvalue weighted by Gasteiger charge is 2.41. The standard InChI is InChI=1S/C18H33N3O2/c1-17(2,3)16(22)21(14-6-8-18(4,5)9-7-14)15-10-13(11-20-23)19-12-15/h11,13-15,19,23H,6-10,12H2,1-5H3/t13-,15-/m0/s1. The number of amides is 1. The van der Waals surface area contributed by atoms with Gasteiger partial charge in [0.2, 0.25) is 5.91 Å². The van der Waals surface area contributed by atoms with Crippen molar-refractivity contribution in [1.29, 1.82) is 0 Å². The monoisotopic (exact) mass is 323 g/mol. The molecule has 1 aliphatic carbocycles. The maximum Gasteiger partial charge on any atom is 0.228 e. The molecule has 2 rings (SSSR count). The zero-order valence-electron chi connectivity index (χ0n) is 15.3. The molecule has 1 amide bonds. The fourth-order valence-electron chi connectivity index (χ4n) is 3.83. The van der Waals surface area contributed by atoms with Crippen LogP contribution in [-0.2, 0) is 4.79 Å². The van der Waals surface area contributed by atoms with E-state index in [2.05, 4.69) is 29.2 Å². The average molecular weight is 323 g/mol. The molecular formula is C18H33N3O2. The van der Waals surface area contributed by atoms with Crippen molar-refractivity contribution < 1.29 is 10.0 Å². The molecule has 2 aliphatic rings. The van der Waals surface area contributed by atoms with Gasteiger partial charge in [0.15, 0.2) is 0 Å². The van der Waals surface area contributed by atoms with Gasteiger partial charge in [-0.2, -0.15) is 0 Å². The van der Waals surface area contributed by atoms with Crippen molar-refractivity contribution >= 4 is 12.1 Å². The molecule has 0 aromatic carbocycles. The van der Waals surface area contributed by atoms with E-state index in [0.717, 1.165) is 25.8 Å². The molecule has 5 heteroatoms. The second kappa shape index (κ2) is 6.80. The predicted octanol–water partition coefficient (Wildman–Crippen LogP) is 3.02. The van der Waals surface area contributed by atoms with Gasteiger partial charge in [0.25, 0.3) is 0 Å². The molecule has 1 saturated heterocycles. The van der Waals surface area contributed by atoms with Gasteiger partial charge in [-0.1, -0.05) is 34.6 Å². The third-order valence-corrected chi connectivity index (χ3v) is 5.36. The van der Waals surface area contributed by atoms with Gasteiger partial charge >= 0.3 is 0 Å². The van der Waals surface area contributed by atoms with E-state index < -0.39 is 0 Å². The minimum Gasteiger partial charge on any atom is -0.411 e. The van der Waals surface area contributed by atoms with Crippen molar-refractivity contribution in [1.82, 2.24) is 10.2 Å². The first-order valence-corrected chi connectivity index (χ1v) is 8.88. The van der Waals surface area contributed by atoms with Gasteiger partial charge in [-0.25, -0.2) is 0 Å². The van der Waals surface area contributed by atoms with E-state index in [4.69, 9.17) is 5.21 Å². The number of nitrogens with zero attached hydrogens (tertiary/aromatic N) is 2. The summed E-state index contributed by atoms with van der Waals surface area (Å²) in [5, 5.41) is 15.2. The summed E-state index contributed by atoms with van der Waals surface area (Å²) in [4.78, 5) is 15.3. The molecule has 0 aromatic rings. The summed E-state index contributed by atoms with van der Waals surface area (Å²) in [6.07, 6.45) is 6.88. The molecule has 2 N–H and O–H groups in total. The SMILES string of the molecule is CC1(C)CCC(N(C(=O)C(C)(C)C)[C@@H]2CN[C@H](C=NO)C2)CC1. The zero-order chi connectivity index (χ0) is 17.3. The Hall–Kier alpha value is -1.10. The highest BCUT2D eigenvalue weighted by atomic mass is 16.4. The van der Waals surface area contributed by atoms with E-state index in [1.807, 2.05) is 20.8 Å². The molecule has 2 fully saturated rings. The van der Waals surface area contributed by atoms with Gasteiger partial charge < -0.3 is 15.4 Å². The smallest absolute Gasteiger partial charge is 0.228 e. The molecule has 0 bridgehead atoms. The van der Waals surface area contributed by atoms with Gasteiger partial charge in [-0.15, -0.1) is 5.16 Å². The van der Waals surface area contributed by atoms with Gasteiger partial charge in [0.05, 0.1) is 6.21 Å². The molecule has 132 valence electrons. The Kier molecular flexibility index (Phi) is 5.39. The number of nitrogens with one attached hydrogen (secondary N) is 1. The van der Waals surface area contributed by atoms with Crippen LogP contribution in [0.25, 0.3) is 0 Å². The zero-order valence-corrected chi connectivity index (χ0v) is 15.3. The quantitative estimate of drug-likeness (QED) is 0.477. The molecule has 2 atom stereocenters. The lowest BCUT2D eigenvalue weighted by Gasteiger charge is -2.44. The number of oxime groups is 1. The third kappa shape index (κ3) is 4.46. The number of rotatable bonds is 3. The van der Waals surface area contributed by atoms with Gasteiger partial charge in [0, 0.05) is 30.1 Å². The molecule has 1 saturated carbocycles. The third-order valence-electron chi connectivity index (χ3n) is 5.36. The fraction of sp³-hybridized carbons (Fsp3) is 0.889. The Labute approximate surface area is 140 Å². The number of carbonyl (C=O) groups is 1. The van der Waals surface area contributed by atoms with Crippen LogP contribution in [0.15, 0.2) is 5.16 Å². The Morgan fingerprint density at radius 2 is 1.87 bits per heavy atom. The van der Waals surface area contributed by atoms with E-state index in [1.54, 1.807) is 0 Å². The van der Waals surface area contributed by atoms with E-state index in [1.165, 1.54) is 19.1 Å². The summed E-state index contributed by atoms with van der Waals surface area (Å²) in [6, 6.07) is 0.586. The second-order valence-corrected chi connectivity index (χ2v) is 9.03. The molecule has 5 nitrogen and oxygen atoms in total. The summed E-state index contributed by atoms with van der Waals surface area (Å²) < 4.78 is 0. The lowest BCUT2D eigenvalue weighted by atomic mass is 9.74. The average Bonchev–Trinajstić information content (AvgIpc) is 2.88. The van der Waals surface area contributed by atoms with Crippen molar-refractivity contribution in [3.8, 4) is 0 Å². The van der Waals surface area contributed by atoms with E-state index in [0.29, 0.717) is 11.5 Å². The molecule has 0 radical (unpaired) electrons. The molecule has 0 aromatic heterocycles. The Balaban J connectivity index is 2.15. The van der Waals surface area contributed by atoms with Crippen LogP contribution in [0.5, 0.6) is 0 Å². The van der Waals surface area contributed by atoms with Crippen LogP contribution in [0.4, 0.5) is 0 Å². The maximum atomic E-state index is 13.1. The van der Waals surface area contributed by atoms with Crippen LogP contribution >= 0.6 is 0 Å². The first kappa shape index (κ1) is 18.2. The minimum absolute atomic E-state index is 0.0558. The Bertz CT molecular complexity index is 444. The largest absolute Gasteiger partial charge is 0.411 e. The summed E-state index contributed by atoms with van der Waals surface area (Å²) in [6.45, 7) is 11.4. The van der Waals surface area contributed by atoms with Crippen LogP contribution < -0.4 is 5.32 Å². The molecule has 23 heavy (non-hydrogen) atoms. The summed E-state index contributed by atoms with van der Waals surface area (Å²) in [5.74, 6) is 0.246. The lowest BCUT2D eigenvalue weighted by molar-refractivity contribution is -0.145. The normalized spacial score (nSPS) is 29.1. The molecule has 0 unspecified atom stereocenters. The lowest BCUT2D eigenvalue weighted by Crippen LogP contribution is -2.53. The van der Waals surface area contributed by atoms with Gasteiger partial charge in [0.1, 0.15) is 0 Å². The molecule has 1 heterocycles. The van der Waals surface area contributed by atoms with Crippen molar-refractivity contribution in [2.45, 2.75) is 84.8 Å². The number of hydrogen-bond donors (Lipinski definition) is 2. The fourth-order valence-corrected chi connectivity index (χ4v) is 3.83. The first-order valence-electron chi connectivity index (χ1n) is 8.88. The summed E-state index contributed by atoms with van der Waals surface area (Å²) >= 11 is 0. The number of carbonyl (C=O) groups excluding carboxylic acids is 1. The van der Waals surface area contributed by atoms with E-state index >= 15 is 0 Å². The summed E-state index contributed by atoms with van der Waals surface area (Å²) in [7, 11) is 0. The Morgan fingerprint density at radius 3 is 2.39 bits per heavy atom. The topological polar surface area (TPSA) is 64.9 Å². The van der Waals surface area contributed by atoms with Crippen molar-refractivity contribution in [3.63, 3.8) is 0 Å². The van der Waals surface area contributed by atoms with Crippen LogP contribution in [0, 0.1) is 10.8 Å². The molecule has 1 aliphatic heterocycles. The predicted molar refractivity (Wildman–Crippen MR) is 92.8 cm³/mol. The van der Waals surface area contributed by atoms with E-state index in [9.17, 15) is 4.79 Å². The van der Waals surface area contributed by atoms with Crippen molar-refractivity contribution in [2.24, 2.45) is 16.0 Å². The second-order valence-electron chi connectivity index (χ2n) is 9.03.